The number of carbonyl (C=O) groups is 2. The molecule has 2 atom stereocenters. The normalized spacial score (nSPS) is 14.1. The number of likely N-dealkylation sites (N-methyl/N-ethyl adjacent to an activating group) is 1. The number of nitrogens with zero attached hydrogens (tertiary/aromatic N) is 1. The Morgan fingerprint density at radius 2 is 0.864 bits per heavy atom. The van der Waals surface area contributed by atoms with Crippen LogP contribution in [0.2, 0.25) is 0 Å². The number of quaternary nitrogens is 1. The third kappa shape index (κ3) is 50.6. The van der Waals surface area contributed by atoms with Crippen LogP contribution in [0.15, 0.2) is 85.1 Å². The Morgan fingerprint density at radius 1 is 0.485 bits per heavy atom. The molecule has 0 rings (SSSR count). The molecule has 0 fully saturated rings. The quantitative estimate of drug-likeness (QED) is 0.0195. The first-order chi connectivity index (χ1) is 32.0. The molecule has 0 aromatic rings. The van der Waals surface area contributed by atoms with Crippen molar-refractivity contribution in [2.75, 3.05) is 47.5 Å². The zero-order valence-corrected chi connectivity index (χ0v) is 43.8. The summed E-state index contributed by atoms with van der Waals surface area (Å²) in [7, 11) is 1.14. The number of hydrogen-bond acceptors (Lipinski definition) is 8. The van der Waals surface area contributed by atoms with Crippen LogP contribution < -0.4 is 4.89 Å². The molecule has 0 heterocycles. The number of allylic oxidation sites excluding steroid dienone is 14. The number of carbonyl (C=O) groups excluding carboxylic acids is 2. The Morgan fingerprint density at radius 3 is 1.29 bits per heavy atom. The first-order valence-electron chi connectivity index (χ1n) is 26.3. The highest BCUT2D eigenvalue weighted by molar-refractivity contribution is 7.45. The Bertz CT molecular complexity index is 1390. The topological polar surface area (TPSA) is 111 Å². The molecule has 0 aliphatic carbocycles. The van der Waals surface area contributed by atoms with Gasteiger partial charge in [-0.1, -0.05) is 189 Å². The molecule has 66 heavy (non-hydrogen) atoms. The van der Waals surface area contributed by atoms with E-state index in [2.05, 4.69) is 98.9 Å². The Hall–Kier alpha value is -2.81. The second-order valence-electron chi connectivity index (χ2n) is 18.5. The maximum absolute atomic E-state index is 12.8. The van der Waals surface area contributed by atoms with Gasteiger partial charge in [0.15, 0.2) is 6.10 Å². The maximum Gasteiger partial charge on any atom is 0.306 e. The van der Waals surface area contributed by atoms with E-state index < -0.39 is 32.5 Å². The average molecular weight is 944 g/mol. The third-order valence-corrected chi connectivity index (χ3v) is 11.9. The molecule has 0 radical (unpaired) electrons. The fourth-order valence-corrected chi connectivity index (χ4v) is 7.56. The van der Waals surface area contributed by atoms with E-state index in [-0.39, 0.29) is 26.1 Å². The van der Waals surface area contributed by atoms with Crippen LogP contribution in [0.5, 0.6) is 0 Å². The van der Waals surface area contributed by atoms with Gasteiger partial charge in [-0.3, -0.25) is 14.2 Å². The van der Waals surface area contributed by atoms with Crippen molar-refractivity contribution in [1.29, 1.82) is 0 Å². The van der Waals surface area contributed by atoms with Crippen molar-refractivity contribution in [2.24, 2.45) is 0 Å². The monoisotopic (exact) mass is 944 g/mol. The summed E-state index contributed by atoms with van der Waals surface area (Å²) < 4.78 is 34.1. The summed E-state index contributed by atoms with van der Waals surface area (Å²) in [6.45, 7) is 4.07. The molecule has 9 nitrogen and oxygen atoms in total. The second-order valence-corrected chi connectivity index (χ2v) is 19.9. The Labute approximate surface area is 405 Å². The number of unbranched alkanes of at least 4 members (excludes halogenated alkanes) is 19. The number of rotatable bonds is 47. The first kappa shape index (κ1) is 63.2. The highest BCUT2D eigenvalue weighted by Crippen LogP contribution is 2.38. The summed E-state index contributed by atoms with van der Waals surface area (Å²) in [6.07, 6.45) is 61.8. The van der Waals surface area contributed by atoms with Gasteiger partial charge in [-0.05, 0) is 89.9 Å². The van der Waals surface area contributed by atoms with E-state index in [4.69, 9.17) is 18.5 Å². The van der Waals surface area contributed by atoms with Gasteiger partial charge in [0.05, 0.1) is 27.7 Å². The standard InChI is InChI=1S/C56H98NO8P/c1-6-8-10-12-14-16-18-20-22-24-26-27-28-29-31-33-35-37-39-41-43-45-47-49-56(59)65-54(53-64-66(60,61)63-51-50-57(3,4)5)52-62-55(58)48-46-44-42-40-38-36-34-32-30-25-23-21-19-17-15-13-11-9-7-2/h8,10,14-17,20-23,26-27,30,32,54H,6-7,9,11-13,18-19,24-25,28-29,31,33-53H2,1-5H3/b10-8-,16-14-,17-15-,22-20-,23-21-,27-26-,32-30-. The van der Waals surface area contributed by atoms with Gasteiger partial charge in [-0.15, -0.1) is 0 Å². The largest absolute Gasteiger partial charge is 0.756 e. The van der Waals surface area contributed by atoms with Crippen molar-refractivity contribution in [1.82, 2.24) is 0 Å². The minimum Gasteiger partial charge on any atom is -0.756 e. The zero-order valence-electron chi connectivity index (χ0n) is 42.9. The molecular weight excluding hydrogens is 846 g/mol. The molecule has 0 spiro atoms. The summed E-state index contributed by atoms with van der Waals surface area (Å²) in [5.41, 5.74) is 0. The van der Waals surface area contributed by atoms with Gasteiger partial charge < -0.3 is 27.9 Å². The molecule has 0 aromatic carbocycles. The molecule has 0 aliphatic heterocycles. The maximum atomic E-state index is 12.8. The van der Waals surface area contributed by atoms with Gasteiger partial charge >= 0.3 is 11.9 Å². The molecule has 0 saturated heterocycles. The van der Waals surface area contributed by atoms with Crippen molar-refractivity contribution >= 4 is 19.8 Å². The fourth-order valence-electron chi connectivity index (χ4n) is 6.83. The predicted octanol–water partition coefficient (Wildman–Crippen LogP) is 15.3. The fraction of sp³-hybridized carbons (Fsp3) is 0.714. The van der Waals surface area contributed by atoms with Gasteiger partial charge in [0.1, 0.15) is 19.8 Å². The number of ether oxygens (including phenoxy) is 2. The van der Waals surface area contributed by atoms with Crippen LogP contribution >= 0.6 is 7.82 Å². The van der Waals surface area contributed by atoms with E-state index in [1.54, 1.807) is 0 Å². The Kier molecular flexibility index (Phi) is 45.3. The number of hydrogen-bond donors (Lipinski definition) is 0. The second kappa shape index (κ2) is 47.3. The van der Waals surface area contributed by atoms with Gasteiger partial charge in [0.25, 0.3) is 7.82 Å². The Balaban J connectivity index is 4.28. The summed E-state index contributed by atoms with van der Waals surface area (Å²) >= 11 is 0. The van der Waals surface area contributed by atoms with Crippen molar-refractivity contribution in [3.63, 3.8) is 0 Å². The lowest BCUT2D eigenvalue weighted by atomic mass is 10.0. The van der Waals surface area contributed by atoms with E-state index in [9.17, 15) is 19.0 Å². The minimum absolute atomic E-state index is 0.0381. The highest BCUT2D eigenvalue weighted by Gasteiger charge is 2.21. The van der Waals surface area contributed by atoms with Crippen LogP contribution in [-0.4, -0.2) is 70.0 Å². The average Bonchev–Trinajstić information content (AvgIpc) is 3.27. The highest BCUT2D eigenvalue weighted by atomic mass is 31.2. The van der Waals surface area contributed by atoms with E-state index in [1.165, 1.54) is 64.2 Å². The number of phosphoric ester groups is 1. The molecule has 2 unspecified atom stereocenters. The van der Waals surface area contributed by atoms with Crippen LogP contribution in [0.3, 0.4) is 0 Å². The minimum atomic E-state index is -4.64. The van der Waals surface area contributed by atoms with Crippen molar-refractivity contribution in [3.05, 3.63) is 85.1 Å². The molecule has 0 N–H and O–H groups in total. The van der Waals surface area contributed by atoms with Crippen LogP contribution in [-0.2, 0) is 32.7 Å². The molecular formula is C56H98NO8P. The molecule has 380 valence electrons. The third-order valence-electron chi connectivity index (χ3n) is 10.9. The molecule has 0 aromatic heterocycles. The summed E-state index contributed by atoms with van der Waals surface area (Å²) in [5, 5.41) is 0. The lowest BCUT2D eigenvalue weighted by Gasteiger charge is -2.28. The molecule has 0 saturated carbocycles. The van der Waals surface area contributed by atoms with E-state index >= 15 is 0 Å². The summed E-state index contributed by atoms with van der Waals surface area (Å²) in [4.78, 5) is 37.8. The van der Waals surface area contributed by atoms with E-state index in [1.807, 2.05) is 21.1 Å². The van der Waals surface area contributed by atoms with Crippen LogP contribution in [0.4, 0.5) is 0 Å². The lowest BCUT2D eigenvalue weighted by molar-refractivity contribution is -0.870. The molecule has 10 heteroatoms. The molecule has 0 bridgehead atoms. The molecule has 0 aliphatic rings. The SMILES string of the molecule is CC/C=C\C/C=C\C/C=C\C/C=C\CCCCCCCCCCCCC(=O)OC(COC(=O)CCCCCCCC/C=C\C/C=C\C/C=C\CCCCC)COP(=O)([O-])OCC[N+](C)(C)C. The number of esters is 2. The van der Waals surface area contributed by atoms with Crippen LogP contribution in [0.25, 0.3) is 0 Å². The summed E-state index contributed by atoms with van der Waals surface area (Å²) in [6, 6.07) is 0. The van der Waals surface area contributed by atoms with Gasteiger partial charge in [-0.2, -0.15) is 0 Å². The van der Waals surface area contributed by atoms with E-state index in [0.717, 1.165) is 103 Å². The van der Waals surface area contributed by atoms with Gasteiger partial charge in [0, 0.05) is 12.8 Å². The van der Waals surface area contributed by atoms with Crippen molar-refractivity contribution < 1.29 is 42.1 Å². The predicted molar refractivity (Wildman–Crippen MR) is 277 cm³/mol. The lowest BCUT2D eigenvalue weighted by Crippen LogP contribution is -2.37. The number of phosphoric acid groups is 1. The molecule has 0 amide bonds. The van der Waals surface area contributed by atoms with Crippen molar-refractivity contribution in [3.8, 4) is 0 Å². The van der Waals surface area contributed by atoms with Gasteiger partial charge in [-0.25, -0.2) is 0 Å². The van der Waals surface area contributed by atoms with Crippen LogP contribution in [0.1, 0.15) is 206 Å². The van der Waals surface area contributed by atoms with Crippen molar-refractivity contribution in [2.45, 2.75) is 213 Å². The van der Waals surface area contributed by atoms with Crippen LogP contribution in [0, 0.1) is 0 Å². The zero-order chi connectivity index (χ0) is 48.5. The van der Waals surface area contributed by atoms with E-state index in [0.29, 0.717) is 23.9 Å². The first-order valence-corrected chi connectivity index (χ1v) is 27.8. The smallest absolute Gasteiger partial charge is 0.306 e. The van der Waals surface area contributed by atoms with Gasteiger partial charge in [0.2, 0.25) is 0 Å². The summed E-state index contributed by atoms with van der Waals surface area (Å²) in [5.74, 6) is -0.857.